The predicted molar refractivity (Wildman–Crippen MR) is 210 cm³/mol. The van der Waals surface area contributed by atoms with Crippen molar-refractivity contribution in [3.05, 3.63) is 64.5 Å². The molecule has 3 atom stereocenters. The van der Waals surface area contributed by atoms with Gasteiger partial charge in [-0.3, -0.25) is 19.1 Å². The van der Waals surface area contributed by atoms with E-state index in [0.29, 0.717) is 35.3 Å². The molecule has 2 heterocycles. The van der Waals surface area contributed by atoms with E-state index < -0.39 is 14.8 Å². The third kappa shape index (κ3) is 10.7. The zero-order chi connectivity index (χ0) is 39.6. The highest BCUT2D eigenvalue weighted by Gasteiger charge is 2.50. The molecule has 6 rings (SSSR count). The molecule has 2 aromatic carbocycles. The van der Waals surface area contributed by atoms with E-state index in [1.165, 1.54) is 6.42 Å². The second-order valence-electron chi connectivity index (χ2n) is 14.6. The van der Waals surface area contributed by atoms with E-state index in [1.807, 2.05) is 43.0 Å². The van der Waals surface area contributed by atoms with Gasteiger partial charge in [-0.1, -0.05) is 19.1 Å². The lowest BCUT2D eigenvalue weighted by molar-refractivity contribution is -0.120. The lowest BCUT2D eigenvalue weighted by Crippen LogP contribution is -2.46. The molecule has 2 saturated carbocycles. The Bertz CT molecular complexity index is 1970. The maximum atomic E-state index is 12.4. The first-order valence-electron chi connectivity index (χ1n) is 18.5. The first-order valence-corrected chi connectivity index (χ1v) is 20.0. The van der Waals surface area contributed by atoms with E-state index in [4.69, 9.17) is 9.47 Å². The Hall–Kier alpha value is -4.72. The van der Waals surface area contributed by atoms with E-state index in [2.05, 4.69) is 29.0 Å². The van der Waals surface area contributed by atoms with E-state index >= 15 is 0 Å². The van der Waals surface area contributed by atoms with Crippen molar-refractivity contribution in [1.29, 1.82) is 0 Å². The highest BCUT2D eigenvalue weighted by atomic mass is 32.2. The van der Waals surface area contributed by atoms with Gasteiger partial charge >= 0.3 is 6.03 Å². The Morgan fingerprint density at radius 3 is 2.37 bits per heavy atom. The number of fused-ring (bicyclic) bond motifs is 1. The minimum Gasteiger partial charge on any atom is -0.497 e. The first kappa shape index (κ1) is 42.0. The monoisotopic (exact) mass is 765 g/mol. The number of ketones is 1. The van der Waals surface area contributed by atoms with Crippen LogP contribution in [0.2, 0.25) is 0 Å². The number of rotatable bonds is 13. The zero-order valence-electron chi connectivity index (χ0n) is 32.5. The van der Waals surface area contributed by atoms with Gasteiger partial charge in [0.1, 0.15) is 17.3 Å². The molecule has 1 saturated heterocycles. The molecule has 294 valence electrons. The van der Waals surface area contributed by atoms with Crippen molar-refractivity contribution in [1.82, 2.24) is 24.5 Å². The molecule has 54 heavy (non-hydrogen) atoms. The van der Waals surface area contributed by atoms with E-state index in [0.717, 1.165) is 73.9 Å². The molecule has 14 heteroatoms. The van der Waals surface area contributed by atoms with Gasteiger partial charge in [0, 0.05) is 31.3 Å². The molecule has 0 spiro atoms. The lowest BCUT2D eigenvalue weighted by Gasteiger charge is -2.28. The van der Waals surface area contributed by atoms with Gasteiger partial charge in [-0.05, 0) is 120 Å². The number of Topliss-reactive ketones (excluding diaryl/α,β-unsaturated/α-hetero) is 1. The Balaban J connectivity index is 0.000000193. The Kier molecular flexibility index (Phi) is 14.4. The molecule has 3 amide bonds. The Labute approximate surface area is 318 Å². The standard InChI is InChI=1S/C18H30N2O2.C17H16N2O3.C5H9NO3S/c1-14-13-16(14)9-6-4-5-7-11-19(3)18(22)20-12-8-10-17(20)15(2)21;1-10-14(22-3)9-8-13-15(10)18-16(19-17(13)20)11-4-6-12(21-2)7-5-11;1-5(2-3-5)10(8,9)6-4-7/h6,9,14,16-17H,4-5,7-8,10-13H2,1-3H3;4-9H,1-3H3,(H,18,19,20);4H,2-3H2,1H3,(H,6,7)/b9-6-;;. The summed E-state index contributed by atoms with van der Waals surface area (Å²) >= 11 is 0. The summed E-state index contributed by atoms with van der Waals surface area (Å²) in [7, 11) is 1.71. The van der Waals surface area contributed by atoms with Gasteiger partial charge in [-0.15, -0.1) is 0 Å². The molecule has 0 bridgehead atoms. The summed E-state index contributed by atoms with van der Waals surface area (Å²) < 4.78 is 33.5. The number of urea groups is 1. The fourth-order valence-corrected chi connectivity index (χ4v) is 7.37. The minimum absolute atomic E-state index is 0.0139. The maximum absolute atomic E-state index is 12.4. The van der Waals surface area contributed by atoms with Gasteiger partial charge in [0.2, 0.25) is 16.4 Å². The molecule has 3 aliphatic rings. The lowest BCUT2D eigenvalue weighted by atomic mass is 10.1. The molecule has 1 aliphatic heterocycles. The molecule has 2 aliphatic carbocycles. The van der Waals surface area contributed by atoms with E-state index in [-0.39, 0.29) is 29.8 Å². The molecule has 2 N–H and O–H groups in total. The number of nitrogens with zero attached hydrogens (tertiary/aromatic N) is 3. The summed E-state index contributed by atoms with van der Waals surface area (Å²) in [4.78, 5) is 57.0. The maximum Gasteiger partial charge on any atom is 0.320 e. The van der Waals surface area contributed by atoms with Crippen LogP contribution in [-0.2, 0) is 19.6 Å². The van der Waals surface area contributed by atoms with Crippen LogP contribution in [0.3, 0.4) is 0 Å². The van der Waals surface area contributed by atoms with Crippen LogP contribution in [0.5, 0.6) is 11.5 Å². The highest BCUT2D eigenvalue weighted by Crippen LogP contribution is 2.42. The van der Waals surface area contributed by atoms with Crippen LogP contribution in [0.4, 0.5) is 4.79 Å². The van der Waals surface area contributed by atoms with Crippen LogP contribution < -0.4 is 19.8 Å². The number of sulfonamides is 1. The molecule has 3 fully saturated rings. The largest absolute Gasteiger partial charge is 0.497 e. The number of aryl methyl sites for hydroxylation is 1. The fourth-order valence-electron chi connectivity index (χ4n) is 6.32. The average Bonchev–Trinajstić information content (AvgIpc) is 4.02. The molecule has 13 nitrogen and oxygen atoms in total. The van der Waals surface area contributed by atoms with Crippen LogP contribution in [-0.4, -0.2) is 91.6 Å². The van der Waals surface area contributed by atoms with Gasteiger partial charge in [0.25, 0.3) is 5.56 Å². The Morgan fingerprint density at radius 2 is 1.80 bits per heavy atom. The number of aromatic amines is 1. The number of hydrogen-bond donors (Lipinski definition) is 2. The van der Waals surface area contributed by atoms with Crippen LogP contribution in [0.25, 0.3) is 22.3 Å². The summed E-state index contributed by atoms with van der Waals surface area (Å²) in [6.07, 6.45) is 12.5. The summed E-state index contributed by atoms with van der Waals surface area (Å²) in [6, 6.07) is 10.7. The van der Waals surface area contributed by atoms with Gasteiger partial charge < -0.3 is 24.3 Å². The predicted octanol–water partition coefficient (Wildman–Crippen LogP) is 6.00. The normalized spacial score (nSPS) is 19.5. The summed E-state index contributed by atoms with van der Waals surface area (Å²) in [5, 5.41) is 0.551. The molecule has 0 radical (unpaired) electrons. The number of unbranched alkanes of at least 4 members (excludes halogenated alkanes) is 2. The smallest absolute Gasteiger partial charge is 0.320 e. The molecular weight excluding hydrogens is 711 g/mol. The zero-order valence-corrected chi connectivity index (χ0v) is 33.3. The second-order valence-corrected chi connectivity index (χ2v) is 16.8. The Morgan fingerprint density at radius 1 is 1.11 bits per heavy atom. The SMILES string of the molecule is CC(=O)C1CCCN1C(=O)N(C)CCCC/C=C\C1CC1C.CC1(S(=O)(=O)NC=O)CC1.COc1ccc(-c2nc3c(C)c(OC)ccc3c(=O)[nH]2)cc1. The topological polar surface area (TPSA) is 168 Å². The summed E-state index contributed by atoms with van der Waals surface area (Å²) in [5.41, 5.74) is 2.15. The van der Waals surface area contributed by atoms with Crippen LogP contribution in [0.15, 0.2) is 53.3 Å². The number of carbonyl (C=O) groups excluding carboxylic acids is 3. The number of aromatic nitrogens is 2. The number of likely N-dealkylation sites (tertiary alicyclic amines) is 1. The van der Waals surface area contributed by atoms with Crippen molar-refractivity contribution >= 4 is 39.2 Å². The van der Waals surface area contributed by atoms with Gasteiger partial charge in [0.05, 0.1) is 35.9 Å². The second kappa shape index (κ2) is 18.5. The third-order valence-corrected chi connectivity index (χ3v) is 12.5. The van der Waals surface area contributed by atoms with Crippen molar-refractivity contribution in [3.63, 3.8) is 0 Å². The molecule has 3 unspecified atom stereocenters. The summed E-state index contributed by atoms with van der Waals surface area (Å²) in [6.45, 7) is 8.89. The number of allylic oxidation sites excluding steroid dienone is 2. The number of methoxy groups -OCH3 is 2. The minimum atomic E-state index is -3.35. The van der Waals surface area contributed by atoms with Crippen molar-refractivity contribution < 1.29 is 32.3 Å². The molecule has 3 aromatic rings. The number of amides is 3. The molecular formula is C40H55N5O8S. The van der Waals surface area contributed by atoms with Crippen molar-refractivity contribution in [3.8, 4) is 22.9 Å². The van der Waals surface area contributed by atoms with E-state index in [9.17, 15) is 27.6 Å². The van der Waals surface area contributed by atoms with Gasteiger partial charge in [-0.25, -0.2) is 18.2 Å². The molecule has 1 aromatic heterocycles. The number of carbonyl (C=O) groups is 3. The van der Waals surface area contributed by atoms with Crippen LogP contribution in [0, 0.1) is 18.8 Å². The first-order chi connectivity index (χ1) is 25.7. The van der Waals surface area contributed by atoms with Gasteiger partial charge in [0.15, 0.2) is 5.78 Å². The van der Waals surface area contributed by atoms with Crippen LogP contribution in [0.1, 0.15) is 77.7 Å². The van der Waals surface area contributed by atoms with E-state index in [1.54, 1.807) is 50.0 Å². The third-order valence-electron chi connectivity index (χ3n) is 10.4. The van der Waals surface area contributed by atoms with Crippen molar-refractivity contribution in [2.24, 2.45) is 11.8 Å². The number of nitrogens with one attached hydrogen (secondary N) is 2. The van der Waals surface area contributed by atoms with Gasteiger partial charge in [-0.2, -0.15) is 0 Å². The van der Waals surface area contributed by atoms with Crippen molar-refractivity contribution in [2.75, 3.05) is 34.4 Å². The number of benzene rings is 2. The van der Waals surface area contributed by atoms with Crippen molar-refractivity contribution in [2.45, 2.75) is 89.9 Å². The summed E-state index contributed by atoms with van der Waals surface area (Å²) in [5.74, 6) is 3.81. The average molecular weight is 766 g/mol. The number of hydrogen-bond acceptors (Lipinski definition) is 9. The fraction of sp³-hybridized carbons (Fsp3) is 0.525. The number of ether oxygens (including phenoxy) is 2. The number of H-pyrrole nitrogens is 1. The highest BCUT2D eigenvalue weighted by molar-refractivity contribution is 7.91. The quantitative estimate of drug-likeness (QED) is 0.120. The van der Waals surface area contributed by atoms with Crippen LogP contribution >= 0.6 is 0 Å².